The van der Waals surface area contributed by atoms with E-state index in [0.717, 1.165) is 11.3 Å². The van der Waals surface area contributed by atoms with Crippen LogP contribution in [0.2, 0.25) is 0 Å². The average Bonchev–Trinajstić information content (AvgIpc) is 2.66. The second-order valence-corrected chi connectivity index (χ2v) is 5.67. The second-order valence-electron chi connectivity index (χ2n) is 5.67. The molecule has 0 saturated heterocycles. The molecule has 1 amide bonds. The first-order valence-corrected chi connectivity index (χ1v) is 8.22. The maximum absolute atomic E-state index is 12.5. The quantitative estimate of drug-likeness (QED) is 0.733. The average molecular weight is 343 g/mol. The summed E-state index contributed by atoms with van der Waals surface area (Å²) in [5.74, 6) is 2.08. The number of hydrogen-bond acceptors (Lipinski definition) is 4. The highest BCUT2D eigenvalue weighted by Gasteiger charge is 2.20. The lowest BCUT2D eigenvalue weighted by molar-refractivity contribution is -0.132. The monoisotopic (exact) mass is 343 g/mol. The summed E-state index contributed by atoms with van der Waals surface area (Å²) >= 11 is 0. The van der Waals surface area contributed by atoms with Crippen molar-refractivity contribution in [1.29, 1.82) is 0 Å². The van der Waals surface area contributed by atoms with E-state index >= 15 is 0 Å². The highest BCUT2D eigenvalue weighted by molar-refractivity contribution is 5.76. The Morgan fingerprint density at radius 3 is 2.16 bits per heavy atom. The van der Waals surface area contributed by atoms with Crippen molar-refractivity contribution in [3.63, 3.8) is 0 Å². The van der Waals surface area contributed by atoms with Crippen molar-refractivity contribution in [1.82, 2.24) is 4.90 Å². The van der Waals surface area contributed by atoms with Gasteiger partial charge in [-0.15, -0.1) is 0 Å². The maximum Gasteiger partial charge on any atom is 0.226 e. The van der Waals surface area contributed by atoms with Gasteiger partial charge < -0.3 is 19.1 Å². The lowest BCUT2D eigenvalue weighted by atomic mass is 10.1. The number of methoxy groups -OCH3 is 2. The highest BCUT2D eigenvalue weighted by atomic mass is 16.5. The smallest absolute Gasteiger partial charge is 0.226 e. The summed E-state index contributed by atoms with van der Waals surface area (Å²) in [7, 11) is 5.02. The Labute approximate surface area is 149 Å². The molecule has 0 heterocycles. The first-order valence-electron chi connectivity index (χ1n) is 8.22. The Hall–Kier alpha value is -2.69. The molecule has 5 heteroatoms. The van der Waals surface area contributed by atoms with E-state index in [1.165, 1.54) is 0 Å². The van der Waals surface area contributed by atoms with Gasteiger partial charge in [-0.05, 0) is 25.1 Å². The zero-order valence-corrected chi connectivity index (χ0v) is 15.2. The number of para-hydroxylation sites is 3. The largest absolute Gasteiger partial charge is 0.496 e. The number of ether oxygens (including phenoxy) is 3. The summed E-state index contributed by atoms with van der Waals surface area (Å²) in [5, 5.41) is 0. The summed E-state index contributed by atoms with van der Waals surface area (Å²) < 4.78 is 16.3. The molecule has 25 heavy (non-hydrogen) atoms. The van der Waals surface area contributed by atoms with Gasteiger partial charge in [-0.3, -0.25) is 4.79 Å². The number of nitrogens with zero attached hydrogens (tertiary/aromatic N) is 1. The van der Waals surface area contributed by atoms with Gasteiger partial charge in [-0.1, -0.05) is 30.3 Å². The van der Waals surface area contributed by atoms with Gasteiger partial charge >= 0.3 is 0 Å². The Bertz CT molecular complexity index is 702. The number of amides is 1. The molecule has 0 fully saturated rings. The summed E-state index contributed by atoms with van der Waals surface area (Å²) in [6.07, 6.45) is 0.286. The molecule has 2 aromatic rings. The molecular formula is C20H25NO4. The van der Waals surface area contributed by atoms with Gasteiger partial charge in [0.25, 0.3) is 0 Å². The molecule has 0 aliphatic heterocycles. The van der Waals surface area contributed by atoms with E-state index in [4.69, 9.17) is 14.2 Å². The molecule has 0 spiro atoms. The van der Waals surface area contributed by atoms with E-state index in [-0.39, 0.29) is 18.4 Å². The van der Waals surface area contributed by atoms with Gasteiger partial charge in [0.1, 0.15) is 5.75 Å². The van der Waals surface area contributed by atoms with E-state index in [1.807, 2.05) is 55.5 Å². The highest BCUT2D eigenvalue weighted by Crippen LogP contribution is 2.29. The zero-order chi connectivity index (χ0) is 18.2. The Kier molecular flexibility index (Phi) is 6.69. The fourth-order valence-corrected chi connectivity index (χ4v) is 2.60. The molecule has 2 rings (SSSR count). The number of benzene rings is 2. The fourth-order valence-electron chi connectivity index (χ4n) is 2.60. The third kappa shape index (κ3) is 4.66. The molecule has 0 saturated carbocycles. The van der Waals surface area contributed by atoms with Gasteiger partial charge in [-0.25, -0.2) is 0 Å². The SMILES string of the molecule is COc1ccccc1OCCC(=O)N(C)C(C)c1ccccc1OC. The molecule has 0 radical (unpaired) electrons. The number of rotatable bonds is 8. The number of hydrogen-bond donors (Lipinski definition) is 0. The van der Waals surface area contributed by atoms with Crippen LogP contribution in [0.1, 0.15) is 24.9 Å². The first kappa shape index (κ1) is 18.6. The van der Waals surface area contributed by atoms with E-state index in [2.05, 4.69) is 0 Å². The summed E-state index contributed by atoms with van der Waals surface area (Å²) in [6.45, 7) is 2.28. The lowest BCUT2D eigenvalue weighted by Gasteiger charge is -2.26. The van der Waals surface area contributed by atoms with Crippen LogP contribution in [0.3, 0.4) is 0 Å². The molecular weight excluding hydrogens is 318 g/mol. The van der Waals surface area contributed by atoms with E-state index in [9.17, 15) is 4.79 Å². The molecule has 1 unspecified atom stereocenters. The first-order chi connectivity index (χ1) is 12.1. The number of carbonyl (C=O) groups excluding carboxylic acids is 1. The molecule has 0 aliphatic carbocycles. The third-order valence-corrected chi connectivity index (χ3v) is 4.21. The molecule has 0 N–H and O–H groups in total. The topological polar surface area (TPSA) is 48.0 Å². The minimum absolute atomic E-state index is 0.00769. The Morgan fingerprint density at radius 1 is 0.960 bits per heavy atom. The van der Waals surface area contributed by atoms with Crippen molar-refractivity contribution in [2.24, 2.45) is 0 Å². The van der Waals surface area contributed by atoms with E-state index in [0.29, 0.717) is 18.1 Å². The standard InChI is InChI=1S/C20H25NO4/c1-15(16-9-5-6-10-17(16)23-3)21(2)20(22)13-14-25-19-12-8-7-11-18(19)24-4/h5-12,15H,13-14H2,1-4H3. The minimum atomic E-state index is -0.0880. The fraction of sp³-hybridized carbons (Fsp3) is 0.350. The molecule has 2 aromatic carbocycles. The lowest BCUT2D eigenvalue weighted by Crippen LogP contribution is -2.30. The van der Waals surface area contributed by atoms with Crippen molar-refractivity contribution in [2.45, 2.75) is 19.4 Å². The van der Waals surface area contributed by atoms with Crippen molar-refractivity contribution >= 4 is 5.91 Å². The van der Waals surface area contributed by atoms with Crippen LogP contribution < -0.4 is 14.2 Å². The molecule has 0 aliphatic rings. The molecule has 0 aromatic heterocycles. The normalized spacial score (nSPS) is 11.5. The summed E-state index contributed by atoms with van der Waals surface area (Å²) in [4.78, 5) is 14.2. The van der Waals surface area contributed by atoms with Gasteiger partial charge in [0, 0.05) is 12.6 Å². The van der Waals surface area contributed by atoms with Gasteiger partial charge in [-0.2, -0.15) is 0 Å². The Balaban J connectivity index is 1.93. The van der Waals surface area contributed by atoms with Crippen LogP contribution in [0.4, 0.5) is 0 Å². The molecule has 1 atom stereocenters. The van der Waals surface area contributed by atoms with Gasteiger partial charge in [0.05, 0.1) is 33.3 Å². The molecule has 134 valence electrons. The Morgan fingerprint density at radius 2 is 1.52 bits per heavy atom. The second kappa shape index (κ2) is 8.97. The van der Waals surface area contributed by atoms with Crippen molar-refractivity contribution < 1.29 is 19.0 Å². The molecule has 0 bridgehead atoms. The minimum Gasteiger partial charge on any atom is -0.496 e. The van der Waals surface area contributed by atoms with Crippen LogP contribution in [0.15, 0.2) is 48.5 Å². The van der Waals surface area contributed by atoms with E-state index in [1.54, 1.807) is 26.2 Å². The summed E-state index contributed by atoms with van der Waals surface area (Å²) in [6, 6.07) is 15.0. The number of carbonyl (C=O) groups is 1. The van der Waals surface area contributed by atoms with Crippen LogP contribution in [0.5, 0.6) is 17.2 Å². The van der Waals surface area contributed by atoms with Crippen molar-refractivity contribution in [2.75, 3.05) is 27.9 Å². The van der Waals surface area contributed by atoms with Crippen molar-refractivity contribution in [3.05, 3.63) is 54.1 Å². The predicted octanol–water partition coefficient (Wildman–Crippen LogP) is 3.69. The van der Waals surface area contributed by atoms with Crippen LogP contribution in [0, 0.1) is 0 Å². The molecule has 5 nitrogen and oxygen atoms in total. The van der Waals surface area contributed by atoms with E-state index < -0.39 is 0 Å². The van der Waals surface area contributed by atoms with Crippen LogP contribution in [-0.2, 0) is 4.79 Å². The van der Waals surface area contributed by atoms with Crippen LogP contribution in [-0.4, -0.2) is 38.7 Å². The van der Waals surface area contributed by atoms with Crippen molar-refractivity contribution in [3.8, 4) is 17.2 Å². The predicted molar refractivity (Wildman–Crippen MR) is 97.3 cm³/mol. The zero-order valence-electron chi connectivity index (χ0n) is 15.2. The van der Waals surface area contributed by atoms with Crippen LogP contribution >= 0.6 is 0 Å². The third-order valence-electron chi connectivity index (χ3n) is 4.21. The van der Waals surface area contributed by atoms with Crippen LogP contribution in [0.25, 0.3) is 0 Å². The maximum atomic E-state index is 12.5. The summed E-state index contributed by atoms with van der Waals surface area (Å²) in [5.41, 5.74) is 0.978. The van der Waals surface area contributed by atoms with Gasteiger partial charge in [0.2, 0.25) is 5.91 Å². The van der Waals surface area contributed by atoms with Gasteiger partial charge in [0.15, 0.2) is 11.5 Å².